The number of β-lactam (4-membered cyclic amide) rings is 1. The van der Waals surface area contributed by atoms with Crippen molar-refractivity contribution in [1.82, 2.24) is 45.5 Å². The third-order valence-electron chi connectivity index (χ3n) is 6.79. The number of benzene rings is 1. The fourth-order valence-electron chi connectivity index (χ4n) is 4.68. The van der Waals surface area contributed by atoms with Crippen LogP contribution in [0.5, 0.6) is 0 Å². The minimum atomic E-state index is -1.52. The molecule has 4 heterocycles. The molecule has 2 saturated heterocycles. The van der Waals surface area contributed by atoms with E-state index in [2.05, 4.69) is 26.2 Å². The molecule has 1 aromatic heterocycles. The van der Waals surface area contributed by atoms with Gasteiger partial charge in [-0.15, -0.1) is 16.9 Å². The molecule has 43 heavy (non-hydrogen) atoms. The van der Waals surface area contributed by atoms with Crippen molar-refractivity contribution in [2.24, 2.45) is 7.05 Å². The molecule has 3 aliphatic rings. The molecule has 0 saturated carbocycles. The van der Waals surface area contributed by atoms with Gasteiger partial charge < -0.3 is 20.5 Å². The first kappa shape index (κ1) is 32.5. The van der Waals surface area contributed by atoms with Crippen molar-refractivity contribution in [1.29, 1.82) is 0 Å². The Labute approximate surface area is 275 Å². The maximum absolute atomic E-state index is 13.5. The van der Waals surface area contributed by atoms with Crippen LogP contribution < -0.4 is 45.3 Å². The van der Waals surface area contributed by atoms with Gasteiger partial charge in [-0.1, -0.05) is 42.1 Å². The number of hydrogen-bond acceptors (Lipinski definition) is 12. The van der Waals surface area contributed by atoms with Crippen LogP contribution in [0.25, 0.3) is 0 Å². The number of carboxylic acids is 1. The number of aromatic nitrogens is 4. The van der Waals surface area contributed by atoms with E-state index < -0.39 is 53.2 Å². The van der Waals surface area contributed by atoms with E-state index in [0.29, 0.717) is 16.3 Å². The number of amides is 7. The molecular weight excluding hydrogens is 613 g/mol. The van der Waals surface area contributed by atoms with E-state index in [1.807, 2.05) is 0 Å². The zero-order valence-electron chi connectivity index (χ0n) is 23.3. The summed E-state index contributed by atoms with van der Waals surface area (Å²) in [6.45, 7) is 1.19. The van der Waals surface area contributed by atoms with Crippen LogP contribution in [-0.2, 0) is 26.2 Å². The van der Waals surface area contributed by atoms with Crippen molar-refractivity contribution in [3.8, 4) is 0 Å². The second kappa shape index (κ2) is 13.5. The summed E-state index contributed by atoms with van der Waals surface area (Å²) in [4.78, 5) is 78.7. The molecule has 0 radical (unpaired) electrons. The molecule has 5 rings (SSSR count). The van der Waals surface area contributed by atoms with E-state index in [1.54, 1.807) is 37.4 Å². The predicted octanol–water partition coefficient (Wildman–Crippen LogP) is -4.55. The second-order valence-electron chi connectivity index (χ2n) is 9.41. The SMILES string of the molecule is CC(=O)N1CCN(C(=O)NC(C(=O)NC2C(=O)N3C(C(=O)[O-])=C(CSc4nnnn4C)CS[C@@H]23)c2ccccc2)C1=O.[Na+]. The average Bonchev–Trinajstić information content (AvgIpc) is 3.57. The second-order valence-corrected chi connectivity index (χ2v) is 11.5. The van der Waals surface area contributed by atoms with Crippen LogP contribution in [0, 0.1) is 0 Å². The number of carbonyl (C=O) groups excluding carboxylic acids is 6. The molecule has 2 N–H and O–H groups in total. The number of carboxylic acid groups (broad SMARTS) is 1. The van der Waals surface area contributed by atoms with E-state index >= 15 is 0 Å². The van der Waals surface area contributed by atoms with Crippen molar-refractivity contribution in [2.75, 3.05) is 24.6 Å². The first-order valence-electron chi connectivity index (χ1n) is 12.6. The van der Waals surface area contributed by atoms with E-state index in [1.165, 1.54) is 35.1 Å². The quantitative estimate of drug-likeness (QED) is 0.160. The van der Waals surface area contributed by atoms with Gasteiger partial charge in [-0.3, -0.25) is 24.2 Å². The Hall–Kier alpha value is -3.45. The largest absolute Gasteiger partial charge is 1.00 e. The Balaban J connectivity index is 0.00000423. The Kier molecular flexibility index (Phi) is 10.2. The Morgan fingerprint density at radius 1 is 1.14 bits per heavy atom. The summed E-state index contributed by atoms with van der Waals surface area (Å²) >= 11 is 2.48. The van der Waals surface area contributed by atoms with Crippen molar-refractivity contribution in [3.63, 3.8) is 0 Å². The zero-order valence-corrected chi connectivity index (χ0v) is 26.9. The van der Waals surface area contributed by atoms with Crippen molar-refractivity contribution in [2.45, 2.75) is 29.5 Å². The maximum Gasteiger partial charge on any atom is 1.00 e. The molecule has 1 aromatic carbocycles. The van der Waals surface area contributed by atoms with Crippen LogP contribution in [-0.4, -0.2) is 107 Å². The molecule has 19 heteroatoms. The standard InChI is InChI=1S/C24H25N9O7S2.Na/c1-12(34)31-8-9-32(24(31)40)22(39)26-15(13-6-4-3-5-7-13)18(35)25-16-19(36)33-17(21(37)38)14(10-41-20(16)33)11-42-23-27-28-29-30(23)2;/h3-7,15-16,20H,8-11H2,1-2H3,(H,25,35)(H,26,39)(H,37,38);/q;+1/p-1/t15?,16?,20-;/m0./s1. The molecule has 3 atom stereocenters. The van der Waals surface area contributed by atoms with Crippen LogP contribution in [0.3, 0.4) is 0 Å². The number of carbonyl (C=O) groups is 6. The predicted molar refractivity (Wildman–Crippen MR) is 144 cm³/mol. The first-order chi connectivity index (χ1) is 20.1. The summed E-state index contributed by atoms with van der Waals surface area (Å²) in [5.41, 5.74) is 0.574. The minimum Gasteiger partial charge on any atom is -0.543 e. The van der Waals surface area contributed by atoms with Crippen molar-refractivity contribution in [3.05, 3.63) is 47.2 Å². The Morgan fingerprint density at radius 2 is 1.84 bits per heavy atom. The fourth-order valence-corrected chi connectivity index (χ4v) is 7.01. The first-order valence-corrected chi connectivity index (χ1v) is 14.6. The third-order valence-corrected chi connectivity index (χ3v) is 9.23. The van der Waals surface area contributed by atoms with Gasteiger partial charge in [0.25, 0.3) is 5.91 Å². The molecule has 7 amide bonds. The summed E-state index contributed by atoms with van der Waals surface area (Å²) in [6.07, 6.45) is 0. The molecule has 3 aliphatic heterocycles. The van der Waals surface area contributed by atoms with Gasteiger partial charge in [-0.05, 0) is 21.6 Å². The molecular formula is C24H24N9NaO7S2. The molecule has 2 unspecified atom stereocenters. The topological polar surface area (TPSA) is 203 Å². The van der Waals surface area contributed by atoms with Gasteiger partial charge in [0.1, 0.15) is 17.5 Å². The number of thioether (sulfide) groups is 2. The van der Waals surface area contributed by atoms with Crippen LogP contribution in [0.1, 0.15) is 18.5 Å². The van der Waals surface area contributed by atoms with Crippen molar-refractivity contribution < 1.29 is 63.4 Å². The number of rotatable bonds is 8. The molecule has 220 valence electrons. The number of nitrogens with one attached hydrogen (secondary N) is 2. The summed E-state index contributed by atoms with van der Waals surface area (Å²) in [5.74, 6) is -2.95. The summed E-state index contributed by atoms with van der Waals surface area (Å²) < 4.78 is 1.43. The molecule has 2 aromatic rings. The fraction of sp³-hybridized carbons (Fsp3) is 0.375. The number of aliphatic carboxylic acids is 1. The van der Waals surface area contributed by atoms with Gasteiger partial charge in [0.2, 0.25) is 17.0 Å². The Morgan fingerprint density at radius 3 is 2.44 bits per heavy atom. The van der Waals surface area contributed by atoms with E-state index in [9.17, 15) is 33.9 Å². The van der Waals surface area contributed by atoms with Crippen LogP contribution in [0.15, 0.2) is 46.8 Å². The number of urea groups is 2. The number of tetrazole rings is 1. The van der Waals surface area contributed by atoms with E-state index in [0.717, 1.165) is 14.7 Å². The summed E-state index contributed by atoms with van der Waals surface area (Å²) in [7, 11) is 1.64. The van der Waals surface area contributed by atoms with Gasteiger partial charge >= 0.3 is 41.6 Å². The minimum absolute atomic E-state index is 0. The summed E-state index contributed by atoms with van der Waals surface area (Å²) in [5, 5.41) is 28.1. The maximum atomic E-state index is 13.5. The number of hydrogen-bond donors (Lipinski definition) is 2. The van der Waals surface area contributed by atoms with Crippen LogP contribution >= 0.6 is 23.5 Å². The monoisotopic (exact) mass is 637 g/mol. The van der Waals surface area contributed by atoms with Gasteiger partial charge in [0, 0.05) is 32.0 Å². The van der Waals surface area contributed by atoms with Crippen LogP contribution in [0.4, 0.5) is 9.59 Å². The van der Waals surface area contributed by atoms with E-state index in [-0.39, 0.29) is 59.8 Å². The molecule has 0 bridgehead atoms. The molecule has 0 spiro atoms. The summed E-state index contributed by atoms with van der Waals surface area (Å²) in [6, 6.07) is 4.15. The van der Waals surface area contributed by atoms with Gasteiger partial charge in [0.15, 0.2) is 0 Å². The average molecular weight is 638 g/mol. The van der Waals surface area contributed by atoms with Gasteiger partial charge in [0.05, 0.1) is 18.2 Å². The van der Waals surface area contributed by atoms with Gasteiger partial charge in [-0.2, -0.15) is 0 Å². The number of nitrogens with zero attached hydrogens (tertiary/aromatic N) is 7. The third kappa shape index (κ3) is 6.42. The van der Waals surface area contributed by atoms with Crippen LogP contribution in [0.2, 0.25) is 0 Å². The zero-order chi connectivity index (χ0) is 30.1. The number of imide groups is 2. The smallest absolute Gasteiger partial charge is 0.543 e. The van der Waals surface area contributed by atoms with E-state index in [4.69, 9.17) is 0 Å². The van der Waals surface area contributed by atoms with Crippen molar-refractivity contribution >= 4 is 59.3 Å². The Bertz CT molecular complexity index is 1500. The molecule has 16 nitrogen and oxygen atoms in total. The number of aryl methyl sites for hydroxylation is 1. The molecule has 0 aliphatic carbocycles. The normalized spacial score (nSPS) is 20.2. The number of fused-ring (bicyclic) bond motifs is 1. The van der Waals surface area contributed by atoms with Gasteiger partial charge in [-0.25, -0.2) is 19.2 Å². The molecule has 2 fully saturated rings.